The molecule has 108 valence electrons. The standard InChI is InChI=1S/C13H16N2O4S/c1-3-8-13(2,12(16)17)15-20(18,19)11-7-5-4-6-10(11)9-14/h4-7,15H,3,8H2,1-2H3,(H,16,17). The van der Waals surface area contributed by atoms with Crippen LogP contribution in [0.3, 0.4) is 0 Å². The SMILES string of the molecule is CCCC(C)(NS(=O)(=O)c1ccccc1C#N)C(=O)O. The molecule has 0 amide bonds. The molecule has 0 aliphatic carbocycles. The van der Waals surface area contributed by atoms with Crippen molar-refractivity contribution in [1.82, 2.24) is 4.72 Å². The maximum atomic E-state index is 12.3. The van der Waals surface area contributed by atoms with Gasteiger partial charge in [-0.15, -0.1) is 0 Å². The Morgan fingerprint density at radius 1 is 1.45 bits per heavy atom. The zero-order valence-electron chi connectivity index (χ0n) is 11.3. The fraction of sp³-hybridized carbons (Fsp3) is 0.385. The van der Waals surface area contributed by atoms with Crippen molar-refractivity contribution in [2.75, 3.05) is 0 Å². The molecule has 0 fully saturated rings. The molecule has 0 aliphatic rings. The zero-order valence-corrected chi connectivity index (χ0v) is 12.1. The number of nitrogens with zero attached hydrogens (tertiary/aromatic N) is 1. The van der Waals surface area contributed by atoms with Gasteiger partial charge in [-0.3, -0.25) is 4.79 Å². The van der Waals surface area contributed by atoms with Crippen LogP contribution >= 0.6 is 0 Å². The molecule has 1 rings (SSSR count). The van der Waals surface area contributed by atoms with Gasteiger partial charge in [-0.2, -0.15) is 9.98 Å². The van der Waals surface area contributed by atoms with Gasteiger partial charge in [0.25, 0.3) is 0 Å². The van der Waals surface area contributed by atoms with Gasteiger partial charge in [0, 0.05) is 0 Å². The predicted octanol–water partition coefficient (Wildman–Crippen LogP) is 1.48. The Morgan fingerprint density at radius 3 is 2.55 bits per heavy atom. The fourth-order valence-corrected chi connectivity index (χ4v) is 3.40. The molecule has 0 aromatic heterocycles. The molecule has 0 aliphatic heterocycles. The van der Waals surface area contributed by atoms with E-state index in [1.54, 1.807) is 19.1 Å². The number of hydrogen-bond donors (Lipinski definition) is 2. The largest absolute Gasteiger partial charge is 0.480 e. The van der Waals surface area contributed by atoms with Crippen LogP contribution in [-0.4, -0.2) is 25.0 Å². The molecule has 1 atom stereocenters. The van der Waals surface area contributed by atoms with E-state index in [1.807, 2.05) is 0 Å². The third-order valence-corrected chi connectivity index (χ3v) is 4.53. The normalized spacial score (nSPS) is 14.2. The number of carboxylic acid groups (broad SMARTS) is 1. The number of carboxylic acids is 1. The van der Waals surface area contributed by atoms with Crippen molar-refractivity contribution in [2.45, 2.75) is 37.1 Å². The van der Waals surface area contributed by atoms with Gasteiger partial charge in [0.1, 0.15) is 11.6 Å². The number of nitriles is 1. The molecular formula is C13H16N2O4S. The first-order valence-electron chi connectivity index (χ1n) is 6.03. The average molecular weight is 296 g/mol. The first-order valence-corrected chi connectivity index (χ1v) is 7.51. The van der Waals surface area contributed by atoms with Crippen LogP contribution in [-0.2, 0) is 14.8 Å². The lowest BCUT2D eigenvalue weighted by Gasteiger charge is -2.25. The highest BCUT2D eigenvalue weighted by molar-refractivity contribution is 7.89. The summed E-state index contributed by atoms with van der Waals surface area (Å²) in [4.78, 5) is 11.1. The topological polar surface area (TPSA) is 107 Å². The lowest BCUT2D eigenvalue weighted by atomic mass is 9.98. The third-order valence-electron chi connectivity index (χ3n) is 2.88. The van der Waals surface area contributed by atoms with Crippen molar-refractivity contribution in [2.24, 2.45) is 0 Å². The molecule has 1 aromatic rings. The summed E-state index contributed by atoms with van der Waals surface area (Å²) in [7, 11) is -4.08. The van der Waals surface area contributed by atoms with Crippen LogP contribution in [0.25, 0.3) is 0 Å². The first kappa shape index (κ1) is 16.1. The number of carbonyl (C=O) groups is 1. The zero-order chi connectivity index (χ0) is 15.4. The summed E-state index contributed by atoms with van der Waals surface area (Å²) in [6, 6.07) is 7.44. The number of sulfonamides is 1. The van der Waals surface area contributed by atoms with E-state index in [0.29, 0.717) is 6.42 Å². The van der Waals surface area contributed by atoms with Crippen LogP contribution in [0.1, 0.15) is 32.3 Å². The van der Waals surface area contributed by atoms with Gasteiger partial charge < -0.3 is 5.11 Å². The van der Waals surface area contributed by atoms with Crippen LogP contribution < -0.4 is 4.72 Å². The molecule has 0 spiro atoms. The minimum atomic E-state index is -4.08. The van der Waals surface area contributed by atoms with Gasteiger partial charge in [0.15, 0.2) is 0 Å². The van der Waals surface area contributed by atoms with E-state index in [1.165, 1.54) is 25.1 Å². The average Bonchev–Trinajstić information content (AvgIpc) is 2.38. The van der Waals surface area contributed by atoms with Crippen molar-refractivity contribution < 1.29 is 18.3 Å². The van der Waals surface area contributed by atoms with Crippen LogP contribution in [0, 0.1) is 11.3 Å². The molecule has 2 N–H and O–H groups in total. The molecule has 0 radical (unpaired) electrons. The van der Waals surface area contributed by atoms with Crippen molar-refractivity contribution >= 4 is 16.0 Å². The summed E-state index contributed by atoms with van der Waals surface area (Å²) in [5.41, 5.74) is -1.62. The highest BCUT2D eigenvalue weighted by Crippen LogP contribution is 2.20. The number of benzene rings is 1. The minimum Gasteiger partial charge on any atom is -0.480 e. The molecule has 1 aromatic carbocycles. The number of hydrogen-bond acceptors (Lipinski definition) is 4. The molecule has 0 saturated carbocycles. The molecule has 20 heavy (non-hydrogen) atoms. The van der Waals surface area contributed by atoms with Gasteiger partial charge in [-0.1, -0.05) is 25.5 Å². The quantitative estimate of drug-likeness (QED) is 0.826. The Kier molecular flexibility index (Phi) is 4.87. The third kappa shape index (κ3) is 3.35. The van der Waals surface area contributed by atoms with E-state index in [0.717, 1.165) is 0 Å². The molecule has 7 heteroatoms. The Hall–Kier alpha value is -1.91. The van der Waals surface area contributed by atoms with Gasteiger partial charge in [0.2, 0.25) is 10.0 Å². The van der Waals surface area contributed by atoms with Gasteiger partial charge >= 0.3 is 5.97 Å². The van der Waals surface area contributed by atoms with Gasteiger partial charge in [-0.05, 0) is 25.5 Å². The van der Waals surface area contributed by atoms with Crippen molar-refractivity contribution in [3.8, 4) is 6.07 Å². The van der Waals surface area contributed by atoms with Crippen LogP contribution in [0.2, 0.25) is 0 Å². The first-order chi connectivity index (χ1) is 9.27. The fourth-order valence-electron chi connectivity index (χ4n) is 1.85. The summed E-state index contributed by atoms with van der Waals surface area (Å²) < 4.78 is 26.7. The molecule has 6 nitrogen and oxygen atoms in total. The molecule has 0 saturated heterocycles. The van der Waals surface area contributed by atoms with Crippen LogP contribution in [0.15, 0.2) is 29.2 Å². The van der Waals surface area contributed by atoms with Gasteiger partial charge in [-0.25, -0.2) is 8.42 Å². The summed E-state index contributed by atoms with van der Waals surface area (Å²) in [5.74, 6) is -1.25. The maximum Gasteiger partial charge on any atom is 0.324 e. The second-order valence-electron chi connectivity index (χ2n) is 4.60. The molecular weight excluding hydrogens is 280 g/mol. The predicted molar refractivity (Wildman–Crippen MR) is 72.4 cm³/mol. The second-order valence-corrected chi connectivity index (χ2v) is 6.25. The Balaban J connectivity index is 3.24. The Labute approximate surface area is 118 Å². The molecule has 0 bridgehead atoms. The highest BCUT2D eigenvalue weighted by atomic mass is 32.2. The summed E-state index contributed by atoms with van der Waals surface area (Å²) in [6.45, 7) is 3.07. The highest BCUT2D eigenvalue weighted by Gasteiger charge is 2.37. The van der Waals surface area contributed by atoms with Crippen LogP contribution in [0.4, 0.5) is 0 Å². The van der Waals surface area contributed by atoms with Crippen molar-refractivity contribution in [3.63, 3.8) is 0 Å². The Morgan fingerprint density at radius 2 is 2.05 bits per heavy atom. The monoisotopic (exact) mass is 296 g/mol. The lowest BCUT2D eigenvalue weighted by Crippen LogP contribution is -2.52. The van der Waals surface area contributed by atoms with E-state index < -0.39 is 21.5 Å². The van der Waals surface area contributed by atoms with E-state index in [4.69, 9.17) is 5.26 Å². The Bertz CT molecular complexity index is 649. The second kappa shape index (κ2) is 6.03. The van der Waals surface area contributed by atoms with Crippen molar-refractivity contribution in [3.05, 3.63) is 29.8 Å². The van der Waals surface area contributed by atoms with Crippen LogP contribution in [0.5, 0.6) is 0 Å². The number of nitrogens with one attached hydrogen (secondary N) is 1. The van der Waals surface area contributed by atoms with E-state index in [9.17, 15) is 18.3 Å². The van der Waals surface area contributed by atoms with Gasteiger partial charge in [0.05, 0.1) is 10.5 Å². The van der Waals surface area contributed by atoms with Crippen molar-refractivity contribution in [1.29, 1.82) is 5.26 Å². The number of aliphatic carboxylic acids is 1. The maximum absolute atomic E-state index is 12.3. The molecule has 1 unspecified atom stereocenters. The smallest absolute Gasteiger partial charge is 0.324 e. The van der Waals surface area contributed by atoms with E-state index in [2.05, 4.69) is 4.72 Å². The molecule has 0 heterocycles. The van der Waals surface area contributed by atoms with E-state index in [-0.39, 0.29) is 16.9 Å². The summed E-state index contributed by atoms with van der Waals surface area (Å²) in [6.07, 6.45) is 0.654. The summed E-state index contributed by atoms with van der Waals surface area (Å²) >= 11 is 0. The van der Waals surface area contributed by atoms with E-state index >= 15 is 0 Å². The minimum absolute atomic E-state index is 0.0239. The lowest BCUT2D eigenvalue weighted by molar-refractivity contribution is -0.143. The number of rotatable bonds is 6. The summed E-state index contributed by atoms with van der Waals surface area (Å²) in [5, 5.41) is 18.1.